The highest BCUT2D eigenvalue weighted by atomic mass is 16.5. The van der Waals surface area contributed by atoms with Gasteiger partial charge in [0.05, 0.1) is 6.10 Å². The zero-order valence-corrected chi connectivity index (χ0v) is 9.37. The Morgan fingerprint density at radius 3 is 2.50 bits per heavy atom. The summed E-state index contributed by atoms with van der Waals surface area (Å²) in [4.78, 5) is 0. The number of aliphatic hydroxyl groups is 1. The first-order chi connectivity index (χ1) is 6.85. The SMILES string of the molecule is CCCCC(CCCN)OCCCO. The molecule has 0 saturated carbocycles. The Morgan fingerprint density at radius 1 is 1.21 bits per heavy atom. The van der Waals surface area contributed by atoms with Gasteiger partial charge in [0.1, 0.15) is 0 Å². The number of aliphatic hydroxyl groups excluding tert-OH is 1. The van der Waals surface area contributed by atoms with Crippen molar-refractivity contribution in [3.63, 3.8) is 0 Å². The van der Waals surface area contributed by atoms with E-state index in [1.165, 1.54) is 12.8 Å². The minimum Gasteiger partial charge on any atom is -0.396 e. The van der Waals surface area contributed by atoms with Gasteiger partial charge in [-0.2, -0.15) is 0 Å². The van der Waals surface area contributed by atoms with Crippen molar-refractivity contribution in [1.29, 1.82) is 0 Å². The van der Waals surface area contributed by atoms with E-state index in [1.807, 2.05) is 0 Å². The molecule has 0 aromatic heterocycles. The molecule has 0 rings (SSSR count). The molecule has 0 bridgehead atoms. The molecule has 3 heteroatoms. The summed E-state index contributed by atoms with van der Waals surface area (Å²) >= 11 is 0. The van der Waals surface area contributed by atoms with Crippen LogP contribution in [0, 0.1) is 0 Å². The van der Waals surface area contributed by atoms with Crippen LogP contribution in [0.2, 0.25) is 0 Å². The first-order valence-corrected chi connectivity index (χ1v) is 5.77. The van der Waals surface area contributed by atoms with Crippen molar-refractivity contribution < 1.29 is 9.84 Å². The average molecular weight is 203 g/mol. The Kier molecular flexibility index (Phi) is 10.9. The van der Waals surface area contributed by atoms with Gasteiger partial charge in [-0.05, 0) is 32.2 Å². The van der Waals surface area contributed by atoms with Crippen LogP contribution in [0.5, 0.6) is 0 Å². The highest BCUT2D eigenvalue weighted by Crippen LogP contribution is 2.10. The van der Waals surface area contributed by atoms with Crippen molar-refractivity contribution in [2.75, 3.05) is 19.8 Å². The predicted molar refractivity (Wildman–Crippen MR) is 59.3 cm³/mol. The molecule has 0 radical (unpaired) electrons. The molecular weight excluding hydrogens is 178 g/mol. The summed E-state index contributed by atoms with van der Waals surface area (Å²) in [6.07, 6.45) is 6.74. The molecule has 14 heavy (non-hydrogen) atoms. The van der Waals surface area contributed by atoms with Gasteiger partial charge in [-0.25, -0.2) is 0 Å². The lowest BCUT2D eigenvalue weighted by molar-refractivity contribution is 0.0314. The molecule has 3 N–H and O–H groups in total. The fraction of sp³-hybridized carbons (Fsp3) is 1.00. The van der Waals surface area contributed by atoms with Gasteiger partial charge in [-0.3, -0.25) is 0 Å². The third kappa shape index (κ3) is 8.48. The summed E-state index contributed by atoms with van der Waals surface area (Å²) in [6, 6.07) is 0. The van der Waals surface area contributed by atoms with Gasteiger partial charge >= 0.3 is 0 Å². The predicted octanol–water partition coefficient (Wildman–Crippen LogP) is 1.68. The summed E-state index contributed by atoms with van der Waals surface area (Å²) < 4.78 is 5.67. The second-order valence-electron chi connectivity index (χ2n) is 3.64. The highest BCUT2D eigenvalue weighted by Gasteiger charge is 2.07. The van der Waals surface area contributed by atoms with Gasteiger partial charge in [0.2, 0.25) is 0 Å². The van der Waals surface area contributed by atoms with Gasteiger partial charge in [0, 0.05) is 13.2 Å². The Balaban J connectivity index is 3.49. The Hall–Kier alpha value is -0.120. The quantitative estimate of drug-likeness (QED) is 0.531. The van der Waals surface area contributed by atoms with Crippen LogP contribution in [0.25, 0.3) is 0 Å². The maximum absolute atomic E-state index is 8.63. The largest absolute Gasteiger partial charge is 0.396 e. The molecule has 86 valence electrons. The fourth-order valence-corrected chi connectivity index (χ4v) is 1.40. The van der Waals surface area contributed by atoms with E-state index in [2.05, 4.69) is 6.92 Å². The highest BCUT2D eigenvalue weighted by molar-refractivity contribution is 4.59. The molecule has 1 atom stereocenters. The van der Waals surface area contributed by atoms with E-state index >= 15 is 0 Å². The zero-order chi connectivity index (χ0) is 10.6. The van der Waals surface area contributed by atoms with Crippen LogP contribution in [-0.4, -0.2) is 31.0 Å². The van der Waals surface area contributed by atoms with Crippen molar-refractivity contribution in [1.82, 2.24) is 0 Å². The van der Waals surface area contributed by atoms with Crippen LogP contribution in [0.4, 0.5) is 0 Å². The molecule has 3 nitrogen and oxygen atoms in total. The first-order valence-electron chi connectivity index (χ1n) is 5.77. The average Bonchev–Trinajstić information content (AvgIpc) is 2.21. The Labute approximate surface area is 87.6 Å². The van der Waals surface area contributed by atoms with E-state index in [9.17, 15) is 0 Å². The molecular formula is C11H25NO2. The van der Waals surface area contributed by atoms with Crippen LogP contribution in [0.3, 0.4) is 0 Å². The van der Waals surface area contributed by atoms with Crippen LogP contribution in [0.15, 0.2) is 0 Å². The number of hydrogen-bond donors (Lipinski definition) is 2. The van der Waals surface area contributed by atoms with Crippen molar-refractivity contribution in [2.24, 2.45) is 5.73 Å². The van der Waals surface area contributed by atoms with Crippen molar-refractivity contribution in [3.05, 3.63) is 0 Å². The molecule has 0 saturated heterocycles. The normalized spacial score (nSPS) is 13.1. The van der Waals surface area contributed by atoms with Gasteiger partial charge in [0.15, 0.2) is 0 Å². The standard InChI is InChI=1S/C11H25NO2/c1-2-3-6-11(7-4-8-12)14-10-5-9-13/h11,13H,2-10,12H2,1H3. The lowest BCUT2D eigenvalue weighted by Crippen LogP contribution is -2.16. The second kappa shape index (κ2) is 11.0. The van der Waals surface area contributed by atoms with Crippen molar-refractivity contribution in [3.8, 4) is 0 Å². The van der Waals surface area contributed by atoms with E-state index in [0.717, 1.165) is 32.2 Å². The second-order valence-corrected chi connectivity index (χ2v) is 3.64. The van der Waals surface area contributed by atoms with Crippen molar-refractivity contribution in [2.45, 2.75) is 51.6 Å². The smallest absolute Gasteiger partial charge is 0.0575 e. The number of hydrogen-bond acceptors (Lipinski definition) is 3. The number of rotatable bonds is 10. The fourth-order valence-electron chi connectivity index (χ4n) is 1.40. The number of ether oxygens (including phenoxy) is 1. The Morgan fingerprint density at radius 2 is 1.93 bits per heavy atom. The monoisotopic (exact) mass is 203 g/mol. The third-order valence-corrected chi connectivity index (χ3v) is 2.27. The van der Waals surface area contributed by atoms with E-state index in [1.54, 1.807) is 0 Å². The van der Waals surface area contributed by atoms with Crippen molar-refractivity contribution >= 4 is 0 Å². The summed E-state index contributed by atoms with van der Waals surface area (Å²) in [6.45, 7) is 3.83. The molecule has 0 aliphatic carbocycles. The Bertz CT molecular complexity index is 101. The summed E-state index contributed by atoms with van der Waals surface area (Å²) in [5, 5.41) is 8.63. The summed E-state index contributed by atoms with van der Waals surface area (Å²) in [5.41, 5.74) is 5.46. The molecule has 0 heterocycles. The maximum atomic E-state index is 8.63. The molecule has 0 spiro atoms. The maximum Gasteiger partial charge on any atom is 0.0575 e. The summed E-state index contributed by atoms with van der Waals surface area (Å²) in [7, 11) is 0. The van der Waals surface area contributed by atoms with Crippen LogP contribution in [0.1, 0.15) is 45.4 Å². The lowest BCUT2D eigenvalue weighted by Gasteiger charge is -2.17. The topological polar surface area (TPSA) is 55.5 Å². The van der Waals surface area contributed by atoms with Gasteiger partial charge < -0.3 is 15.6 Å². The zero-order valence-electron chi connectivity index (χ0n) is 9.37. The molecule has 0 aromatic rings. The molecule has 0 aromatic carbocycles. The molecule has 0 aliphatic heterocycles. The minimum absolute atomic E-state index is 0.220. The van der Waals surface area contributed by atoms with Gasteiger partial charge in [0.25, 0.3) is 0 Å². The van der Waals surface area contributed by atoms with Crippen LogP contribution >= 0.6 is 0 Å². The molecule has 0 amide bonds. The number of unbranched alkanes of at least 4 members (excludes halogenated alkanes) is 1. The number of nitrogens with two attached hydrogens (primary N) is 1. The third-order valence-electron chi connectivity index (χ3n) is 2.27. The van der Waals surface area contributed by atoms with E-state index < -0.39 is 0 Å². The van der Waals surface area contributed by atoms with E-state index in [0.29, 0.717) is 12.7 Å². The first kappa shape index (κ1) is 13.9. The van der Waals surface area contributed by atoms with E-state index in [4.69, 9.17) is 15.6 Å². The summed E-state index contributed by atoms with van der Waals surface area (Å²) in [5.74, 6) is 0. The minimum atomic E-state index is 0.220. The molecule has 0 fully saturated rings. The lowest BCUT2D eigenvalue weighted by atomic mass is 10.1. The van der Waals surface area contributed by atoms with Gasteiger partial charge in [-0.15, -0.1) is 0 Å². The van der Waals surface area contributed by atoms with Crippen LogP contribution in [-0.2, 0) is 4.74 Å². The molecule has 1 unspecified atom stereocenters. The molecule has 0 aliphatic rings. The van der Waals surface area contributed by atoms with E-state index in [-0.39, 0.29) is 6.61 Å². The van der Waals surface area contributed by atoms with Crippen LogP contribution < -0.4 is 5.73 Å². The van der Waals surface area contributed by atoms with Gasteiger partial charge in [-0.1, -0.05) is 19.8 Å².